The number of benzene rings is 1. The largest absolute Gasteiger partial charge is 0.385 e. The molecule has 2 amide bonds. The van der Waals surface area contributed by atoms with Gasteiger partial charge in [0, 0.05) is 31.6 Å². The van der Waals surface area contributed by atoms with Gasteiger partial charge in [0.25, 0.3) is 0 Å². The third kappa shape index (κ3) is 3.98. The van der Waals surface area contributed by atoms with Crippen molar-refractivity contribution in [3.63, 3.8) is 0 Å². The molecule has 0 fully saturated rings. The van der Waals surface area contributed by atoms with Crippen molar-refractivity contribution < 1.29 is 14.3 Å². The van der Waals surface area contributed by atoms with Crippen LogP contribution in [0.1, 0.15) is 12.8 Å². The number of carbonyl (C=O) groups excluding carboxylic acids is 2. The Morgan fingerprint density at radius 1 is 1.45 bits per heavy atom. The molecule has 1 aromatic rings. The summed E-state index contributed by atoms with van der Waals surface area (Å²) in [5.41, 5.74) is 0.819. The van der Waals surface area contributed by atoms with Crippen molar-refractivity contribution in [3.05, 3.63) is 24.3 Å². The van der Waals surface area contributed by atoms with E-state index in [4.69, 9.17) is 4.74 Å². The maximum atomic E-state index is 11.9. The van der Waals surface area contributed by atoms with Crippen LogP contribution in [0, 0.1) is 0 Å². The number of hydrogen-bond acceptors (Lipinski definition) is 4. The molecule has 0 aromatic heterocycles. The topological polar surface area (TPSA) is 67.4 Å². The van der Waals surface area contributed by atoms with Crippen LogP contribution in [0.15, 0.2) is 29.2 Å². The first-order chi connectivity index (χ1) is 9.70. The van der Waals surface area contributed by atoms with Crippen LogP contribution in [0.3, 0.4) is 0 Å². The molecule has 5 nitrogen and oxygen atoms in total. The van der Waals surface area contributed by atoms with Crippen LogP contribution in [0.5, 0.6) is 0 Å². The average Bonchev–Trinajstić information content (AvgIpc) is 2.44. The van der Waals surface area contributed by atoms with Gasteiger partial charge < -0.3 is 15.4 Å². The van der Waals surface area contributed by atoms with Crippen LogP contribution in [0.25, 0.3) is 0 Å². The molecule has 0 saturated heterocycles. The van der Waals surface area contributed by atoms with Gasteiger partial charge in [-0.15, -0.1) is 11.8 Å². The average molecular weight is 294 g/mol. The van der Waals surface area contributed by atoms with Gasteiger partial charge in [-0.2, -0.15) is 0 Å². The number of anilines is 1. The fourth-order valence-corrected chi connectivity index (χ4v) is 3.02. The minimum atomic E-state index is -0.368. The summed E-state index contributed by atoms with van der Waals surface area (Å²) < 4.78 is 4.91. The van der Waals surface area contributed by atoms with Crippen molar-refractivity contribution in [2.75, 3.05) is 25.6 Å². The van der Waals surface area contributed by atoms with Gasteiger partial charge in [-0.25, -0.2) is 0 Å². The highest BCUT2D eigenvalue weighted by atomic mass is 32.2. The maximum Gasteiger partial charge on any atom is 0.238 e. The number of fused-ring (bicyclic) bond motifs is 1. The molecule has 1 aliphatic rings. The number of para-hydroxylation sites is 1. The summed E-state index contributed by atoms with van der Waals surface area (Å²) in [5, 5.41) is 5.26. The molecule has 1 aliphatic heterocycles. The van der Waals surface area contributed by atoms with Crippen LogP contribution in [-0.4, -0.2) is 37.3 Å². The first kappa shape index (κ1) is 14.9. The van der Waals surface area contributed by atoms with Gasteiger partial charge in [0.2, 0.25) is 11.8 Å². The van der Waals surface area contributed by atoms with Gasteiger partial charge in [-0.3, -0.25) is 9.59 Å². The fraction of sp³-hybridized carbons (Fsp3) is 0.429. The van der Waals surface area contributed by atoms with E-state index in [1.807, 2.05) is 24.3 Å². The lowest BCUT2D eigenvalue weighted by atomic mass is 10.2. The predicted molar refractivity (Wildman–Crippen MR) is 78.8 cm³/mol. The summed E-state index contributed by atoms with van der Waals surface area (Å²) in [5.74, 6) is -0.214. The Bertz CT molecular complexity index is 493. The molecule has 1 aromatic carbocycles. The molecule has 0 aliphatic carbocycles. The van der Waals surface area contributed by atoms with Crippen LogP contribution in [0.4, 0.5) is 5.69 Å². The third-order valence-electron chi connectivity index (χ3n) is 2.92. The number of rotatable bonds is 6. The molecule has 108 valence electrons. The molecule has 0 unspecified atom stereocenters. The fourth-order valence-electron chi connectivity index (χ4n) is 1.91. The number of thioether (sulfide) groups is 1. The molecular formula is C14H18N2O3S. The van der Waals surface area contributed by atoms with Crippen LogP contribution >= 0.6 is 11.8 Å². The minimum absolute atomic E-state index is 0.104. The molecule has 0 bridgehead atoms. The Morgan fingerprint density at radius 2 is 2.25 bits per heavy atom. The van der Waals surface area contributed by atoms with Crippen molar-refractivity contribution in [2.24, 2.45) is 0 Å². The third-order valence-corrected chi connectivity index (χ3v) is 4.20. The highest BCUT2D eigenvalue weighted by molar-refractivity contribution is 8.01. The predicted octanol–water partition coefficient (Wildman–Crippen LogP) is 1.64. The molecule has 6 heteroatoms. The Morgan fingerprint density at radius 3 is 3.05 bits per heavy atom. The first-order valence-electron chi connectivity index (χ1n) is 6.53. The second-order valence-electron chi connectivity index (χ2n) is 4.49. The van der Waals surface area contributed by atoms with Crippen LogP contribution in [0.2, 0.25) is 0 Å². The van der Waals surface area contributed by atoms with Gasteiger partial charge in [-0.05, 0) is 18.6 Å². The quantitative estimate of drug-likeness (QED) is 0.783. The Kier molecular flexibility index (Phi) is 5.43. The minimum Gasteiger partial charge on any atom is -0.385 e. The lowest BCUT2D eigenvalue weighted by molar-refractivity contribution is -0.124. The van der Waals surface area contributed by atoms with Crippen molar-refractivity contribution in [1.29, 1.82) is 0 Å². The summed E-state index contributed by atoms with van der Waals surface area (Å²) in [6.45, 7) is 1.19. The molecule has 1 heterocycles. The van der Waals surface area contributed by atoms with Crippen molar-refractivity contribution in [1.82, 2.24) is 5.32 Å². The van der Waals surface area contributed by atoms with E-state index in [0.29, 0.717) is 13.2 Å². The monoisotopic (exact) mass is 294 g/mol. The molecule has 2 rings (SSSR count). The Hall–Kier alpha value is -1.53. The van der Waals surface area contributed by atoms with E-state index in [-0.39, 0.29) is 23.5 Å². The van der Waals surface area contributed by atoms with E-state index in [2.05, 4.69) is 10.6 Å². The summed E-state index contributed by atoms with van der Waals surface area (Å²) in [4.78, 5) is 24.7. The standard InChI is InChI=1S/C14H18N2O3S/c1-19-8-4-7-15-13(17)9-12-14(18)16-10-5-2-3-6-11(10)20-12/h2-3,5-6,12H,4,7-9H2,1H3,(H,15,17)(H,16,18)/t12-/m0/s1. The van der Waals surface area contributed by atoms with Crippen LogP contribution < -0.4 is 10.6 Å². The van der Waals surface area contributed by atoms with E-state index in [1.165, 1.54) is 11.8 Å². The summed E-state index contributed by atoms with van der Waals surface area (Å²) in [6.07, 6.45) is 0.965. The van der Waals surface area contributed by atoms with E-state index in [0.717, 1.165) is 17.0 Å². The van der Waals surface area contributed by atoms with Gasteiger partial charge >= 0.3 is 0 Å². The second-order valence-corrected chi connectivity index (χ2v) is 5.74. The van der Waals surface area contributed by atoms with Gasteiger partial charge in [-0.1, -0.05) is 12.1 Å². The second kappa shape index (κ2) is 7.31. The first-order valence-corrected chi connectivity index (χ1v) is 7.41. The Balaban J connectivity index is 1.84. The van der Waals surface area contributed by atoms with E-state index in [9.17, 15) is 9.59 Å². The van der Waals surface area contributed by atoms with Gasteiger partial charge in [0.05, 0.1) is 10.9 Å². The zero-order chi connectivity index (χ0) is 14.4. The molecule has 2 N–H and O–H groups in total. The Labute approximate surface area is 122 Å². The normalized spacial score (nSPS) is 17.2. The zero-order valence-corrected chi connectivity index (χ0v) is 12.2. The smallest absolute Gasteiger partial charge is 0.238 e. The van der Waals surface area contributed by atoms with Crippen LogP contribution in [-0.2, 0) is 14.3 Å². The SMILES string of the molecule is COCCCNC(=O)C[C@@H]1Sc2ccccc2NC1=O. The number of ether oxygens (including phenoxy) is 1. The molecule has 1 atom stereocenters. The molecule has 0 spiro atoms. The number of hydrogen-bond donors (Lipinski definition) is 2. The van der Waals surface area contributed by atoms with Gasteiger partial charge in [0.15, 0.2) is 0 Å². The van der Waals surface area contributed by atoms with E-state index in [1.54, 1.807) is 7.11 Å². The molecule has 0 saturated carbocycles. The zero-order valence-electron chi connectivity index (χ0n) is 11.3. The maximum absolute atomic E-state index is 11.9. The van der Waals surface area contributed by atoms with Crippen molar-refractivity contribution in [3.8, 4) is 0 Å². The number of carbonyl (C=O) groups is 2. The molecular weight excluding hydrogens is 276 g/mol. The lowest BCUT2D eigenvalue weighted by Crippen LogP contribution is -2.35. The van der Waals surface area contributed by atoms with Gasteiger partial charge in [0.1, 0.15) is 0 Å². The number of nitrogens with one attached hydrogen (secondary N) is 2. The lowest BCUT2D eigenvalue weighted by Gasteiger charge is -2.23. The molecule has 20 heavy (non-hydrogen) atoms. The van der Waals surface area contributed by atoms with E-state index >= 15 is 0 Å². The highest BCUT2D eigenvalue weighted by Gasteiger charge is 2.28. The number of methoxy groups -OCH3 is 1. The summed E-state index contributed by atoms with van der Waals surface area (Å²) >= 11 is 1.44. The van der Waals surface area contributed by atoms with Crippen molar-refractivity contribution >= 4 is 29.3 Å². The van der Waals surface area contributed by atoms with E-state index < -0.39 is 0 Å². The summed E-state index contributed by atoms with van der Waals surface area (Å²) in [7, 11) is 1.63. The summed E-state index contributed by atoms with van der Waals surface area (Å²) in [6, 6.07) is 7.61. The number of amides is 2. The van der Waals surface area contributed by atoms with Crippen molar-refractivity contribution in [2.45, 2.75) is 23.0 Å². The highest BCUT2D eigenvalue weighted by Crippen LogP contribution is 2.36. The molecule has 0 radical (unpaired) electrons.